The summed E-state index contributed by atoms with van der Waals surface area (Å²) in [5.74, 6) is -1.38. The highest BCUT2D eigenvalue weighted by Crippen LogP contribution is 2.34. The van der Waals surface area contributed by atoms with Gasteiger partial charge >= 0.3 is 6.36 Å². The van der Waals surface area contributed by atoms with Crippen LogP contribution in [0.15, 0.2) is 77.8 Å². The van der Waals surface area contributed by atoms with Gasteiger partial charge in [0.25, 0.3) is 15.9 Å². The first-order chi connectivity index (χ1) is 19.9. The van der Waals surface area contributed by atoms with Crippen molar-refractivity contribution in [2.45, 2.75) is 17.8 Å². The minimum Gasteiger partial charge on any atom is -0.404 e. The molecular weight excluding hydrogens is 616 g/mol. The van der Waals surface area contributed by atoms with Gasteiger partial charge in [0.1, 0.15) is 4.90 Å². The number of fused-ring (bicyclic) bond motifs is 1. The fourth-order valence-corrected chi connectivity index (χ4v) is 6.34. The maximum Gasteiger partial charge on any atom is 0.573 e. The summed E-state index contributed by atoms with van der Waals surface area (Å²) >= 11 is 12.2. The number of nitrogens with one attached hydrogen (secondary N) is 1. The number of carbonyl (C=O) groups excluding carboxylic acids is 1. The van der Waals surface area contributed by atoms with Crippen LogP contribution in [-0.4, -0.2) is 61.7 Å². The third-order valence-corrected chi connectivity index (χ3v) is 8.64. The molecule has 0 atom stereocenters. The molecule has 4 aromatic rings. The molecule has 0 spiro atoms. The molecule has 1 N–H and O–H groups in total. The topological polar surface area (TPSA) is 91.8 Å². The predicted octanol–water partition coefficient (Wildman–Crippen LogP) is 6.20. The molecule has 0 unspecified atom stereocenters. The van der Waals surface area contributed by atoms with Gasteiger partial charge in [-0.1, -0.05) is 47.5 Å². The lowest BCUT2D eigenvalue weighted by Gasteiger charge is -2.35. The highest BCUT2D eigenvalue weighted by molar-refractivity contribution is 7.93. The lowest BCUT2D eigenvalue weighted by atomic mass is 10.1. The standard InChI is InChI=1S/C28H23Cl2F3N4O4S/c29-21-8-6-20(22(30)16-21)17-36-11-13-37(14-12-36)27(38)19-7-9-23(24(15-19)41-28(31,32)33)35-42(39,40)25-5-1-3-18-4-2-10-34-26(18)25/h1-10,15-16,35H,11-14,17H2. The summed E-state index contributed by atoms with van der Waals surface area (Å²) in [6.45, 7) is 2.20. The lowest BCUT2D eigenvalue weighted by Crippen LogP contribution is -2.48. The Hall–Kier alpha value is -3.58. The largest absolute Gasteiger partial charge is 0.573 e. The molecule has 1 fully saturated rings. The zero-order valence-corrected chi connectivity index (χ0v) is 24.1. The Morgan fingerprint density at radius 1 is 0.976 bits per heavy atom. The number of hydrogen-bond acceptors (Lipinski definition) is 6. The Bertz CT molecular complexity index is 1740. The number of rotatable bonds is 7. The third-order valence-electron chi connectivity index (χ3n) is 6.65. The van der Waals surface area contributed by atoms with Gasteiger partial charge in [-0.25, -0.2) is 8.42 Å². The Morgan fingerprint density at radius 2 is 1.71 bits per heavy atom. The summed E-state index contributed by atoms with van der Waals surface area (Å²) in [5.41, 5.74) is 0.460. The van der Waals surface area contributed by atoms with E-state index in [1.165, 1.54) is 29.3 Å². The molecule has 220 valence electrons. The fraction of sp³-hybridized carbons (Fsp3) is 0.214. The number of benzene rings is 3. The number of nitrogens with zero attached hydrogens (tertiary/aromatic N) is 3. The van der Waals surface area contributed by atoms with Gasteiger partial charge in [0.05, 0.1) is 11.2 Å². The normalized spacial score (nSPS) is 14.6. The van der Waals surface area contributed by atoms with Gasteiger partial charge in [-0.05, 0) is 48.0 Å². The fourth-order valence-electron chi connectivity index (χ4n) is 4.62. The van der Waals surface area contributed by atoms with Crippen LogP contribution in [0.1, 0.15) is 15.9 Å². The summed E-state index contributed by atoms with van der Waals surface area (Å²) in [5, 5.41) is 1.59. The molecule has 0 saturated carbocycles. The van der Waals surface area contributed by atoms with Crippen LogP contribution in [0.5, 0.6) is 5.75 Å². The maximum absolute atomic E-state index is 13.3. The molecule has 1 amide bonds. The highest BCUT2D eigenvalue weighted by atomic mass is 35.5. The van der Waals surface area contributed by atoms with Gasteiger partial charge in [0.2, 0.25) is 0 Å². The van der Waals surface area contributed by atoms with E-state index >= 15 is 0 Å². The van der Waals surface area contributed by atoms with Gasteiger partial charge in [-0.2, -0.15) is 0 Å². The van der Waals surface area contributed by atoms with Crippen molar-refractivity contribution in [2.24, 2.45) is 0 Å². The monoisotopic (exact) mass is 638 g/mol. The zero-order chi connectivity index (χ0) is 30.1. The molecule has 3 aromatic carbocycles. The van der Waals surface area contributed by atoms with Gasteiger partial charge in [0.15, 0.2) is 5.75 Å². The minimum absolute atomic E-state index is 0.0850. The van der Waals surface area contributed by atoms with Crippen molar-refractivity contribution in [1.29, 1.82) is 0 Å². The Labute approximate surface area is 249 Å². The van der Waals surface area contributed by atoms with E-state index in [1.807, 2.05) is 6.07 Å². The number of sulfonamides is 1. The number of ether oxygens (including phenoxy) is 1. The smallest absolute Gasteiger partial charge is 0.404 e. The van der Waals surface area contributed by atoms with Crippen molar-refractivity contribution in [2.75, 3.05) is 30.9 Å². The molecule has 1 aromatic heterocycles. The molecule has 8 nitrogen and oxygen atoms in total. The first kappa shape index (κ1) is 29.9. The van der Waals surface area contributed by atoms with Crippen molar-refractivity contribution in [1.82, 2.24) is 14.8 Å². The van der Waals surface area contributed by atoms with Crippen molar-refractivity contribution in [3.63, 3.8) is 0 Å². The van der Waals surface area contributed by atoms with Crippen LogP contribution in [0.2, 0.25) is 10.0 Å². The Balaban J connectivity index is 1.34. The summed E-state index contributed by atoms with van der Waals surface area (Å²) < 4.78 is 72.7. The molecule has 1 saturated heterocycles. The van der Waals surface area contributed by atoms with E-state index < -0.39 is 33.7 Å². The predicted molar refractivity (Wildman–Crippen MR) is 153 cm³/mol. The summed E-state index contributed by atoms with van der Waals surface area (Å²) in [7, 11) is -4.39. The second-order valence-electron chi connectivity index (χ2n) is 9.50. The number of carbonyl (C=O) groups is 1. The number of para-hydroxylation sites is 1. The number of aromatic nitrogens is 1. The number of anilines is 1. The molecule has 1 aliphatic rings. The molecule has 42 heavy (non-hydrogen) atoms. The van der Waals surface area contributed by atoms with E-state index in [-0.39, 0.29) is 16.0 Å². The highest BCUT2D eigenvalue weighted by Gasteiger charge is 2.34. The number of alkyl halides is 3. The molecule has 2 heterocycles. The van der Waals surface area contributed by atoms with Crippen molar-refractivity contribution >= 4 is 55.7 Å². The molecule has 1 aliphatic heterocycles. The maximum atomic E-state index is 13.3. The van der Waals surface area contributed by atoms with E-state index in [4.69, 9.17) is 23.2 Å². The zero-order valence-electron chi connectivity index (χ0n) is 21.7. The average molecular weight is 639 g/mol. The number of halogens is 5. The van der Waals surface area contributed by atoms with E-state index in [0.29, 0.717) is 48.2 Å². The number of hydrogen-bond donors (Lipinski definition) is 1. The third kappa shape index (κ3) is 6.89. The summed E-state index contributed by atoms with van der Waals surface area (Å²) in [4.78, 5) is 20.7. The molecule has 0 aliphatic carbocycles. The van der Waals surface area contributed by atoms with E-state index in [9.17, 15) is 26.4 Å². The molecule has 0 bridgehead atoms. The first-order valence-electron chi connectivity index (χ1n) is 12.6. The van der Waals surface area contributed by atoms with Crippen LogP contribution in [0.4, 0.5) is 18.9 Å². The van der Waals surface area contributed by atoms with Crippen LogP contribution in [0.3, 0.4) is 0 Å². The van der Waals surface area contributed by atoms with Crippen molar-refractivity contribution < 1.29 is 31.1 Å². The van der Waals surface area contributed by atoms with Crippen molar-refractivity contribution in [3.8, 4) is 5.75 Å². The molecule has 0 radical (unpaired) electrons. The number of amides is 1. The molecule has 5 rings (SSSR count). The molecule has 14 heteroatoms. The first-order valence-corrected chi connectivity index (χ1v) is 14.9. The lowest BCUT2D eigenvalue weighted by molar-refractivity contribution is -0.274. The van der Waals surface area contributed by atoms with Crippen LogP contribution in [0, 0.1) is 0 Å². The van der Waals surface area contributed by atoms with Crippen molar-refractivity contribution in [3.05, 3.63) is 94.1 Å². The van der Waals surface area contributed by atoms with E-state index in [2.05, 4.69) is 19.3 Å². The second-order valence-corrected chi connectivity index (χ2v) is 12.0. The Morgan fingerprint density at radius 3 is 2.43 bits per heavy atom. The summed E-state index contributed by atoms with van der Waals surface area (Å²) in [6.07, 6.45) is -3.73. The van der Waals surface area contributed by atoms with Gasteiger partial charge in [-0.15, -0.1) is 13.2 Å². The molecular formula is C28H23Cl2F3N4O4S. The number of pyridine rings is 1. The minimum atomic E-state index is -5.14. The van der Waals surface area contributed by atoms with Crippen LogP contribution < -0.4 is 9.46 Å². The van der Waals surface area contributed by atoms with Gasteiger partial charge < -0.3 is 9.64 Å². The van der Waals surface area contributed by atoms with Gasteiger partial charge in [-0.3, -0.25) is 19.4 Å². The van der Waals surface area contributed by atoms with Crippen LogP contribution >= 0.6 is 23.2 Å². The summed E-state index contributed by atoms with van der Waals surface area (Å²) in [6, 6.07) is 16.2. The van der Waals surface area contributed by atoms with Crippen LogP contribution in [0.25, 0.3) is 10.9 Å². The van der Waals surface area contributed by atoms with Crippen LogP contribution in [-0.2, 0) is 16.6 Å². The SMILES string of the molecule is O=C(c1ccc(NS(=O)(=O)c2cccc3cccnc23)c(OC(F)(F)F)c1)N1CCN(Cc2ccc(Cl)cc2Cl)CC1. The quantitative estimate of drug-likeness (QED) is 0.259. The van der Waals surface area contributed by atoms with Gasteiger partial charge in [0, 0.05) is 59.9 Å². The average Bonchev–Trinajstić information content (AvgIpc) is 2.94. The van der Waals surface area contributed by atoms with E-state index in [0.717, 1.165) is 17.7 Å². The number of piperazine rings is 1. The Kier molecular flexibility index (Phi) is 8.51. The van der Waals surface area contributed by atoms with E-state index in [1.54, 1.807) is 30.3 Å². The second kappa shape index (κ2) is 12.0.